The van der Waals surface area contributed by atoms with Gasteiger partial charge < -0.3 is 4.90 Å². The van der Waals surface area contributed by atoms with E-state index in [1.165, 1.54) is 37.1 Å². The van der Waals surface area contributed by atoms with Gasteiger partial charge in [-0.05, 0) is 36.3 Å². The minimum Gasteiger partial charge on any atom is -0.371 e. The summed E-state index contributed by atoms with van der Waals surface area (Å²) in [4.78, 5) is 2.57. The fraction of sp³-hybridized carbons (Fsp3) is 0.600. The molecule has 0 aliphatic carbocycles. The van der Waals surface area contributed by atoms with Crippen LogP contribution < -0.4 is 4.90 Å². The molecule has 0 radical (unpaired) electrons. The molecule has 1 aliphatic rings. The molecule has 0 unspecified atom stereocenters. The van der Waals surface area contributed by atoms with Gasteiger partial charge in [-0.2, -0.15) is 0 Å². The quantitative estimate of drug-likeness (QED) is 0.754. The second kappa shape index (κ2) is 5.43. The fourth-order valence-electron chi connectivity index (χ4n) is 2.49. The minimum atomic E-state index is 0.331. The molecule has 0 spiro atoms. The van der Waals surface area contributed by atoms with E-state index in [2.05, 4.69) is 58.9 Å². The van der Waals surface area contributed by atoms with Crippen LogP contribution in [-0.4, -0.2) is 18.4 Å². The Morgan fingerprint density at radius 1 is 1.24 bits per heavy atom. The summed E-state index contributed by atoms with van der Waals surface area (Å²) in [6, 6.07) is 8.90. The molecule has 1 heterocycles. The van der Waals surface area contributed by atoms with E-state index in [0.717, 1.165) is 11.9 Å². The molecule has 0 fully saturated rings. The van der Waals surface area contributed by atoms with Crippen molar-refractivity contribution in [3.8, 4) is 0 Å². The lowest BCUT2D eigenvalue weighted by molar-refractivity contribution is 0.421. The van der Waals surface area contributed by atoms with Crippen molar-refractivity contribution in [2.24, 2.45) is 5.41 Å². The van der Waals surface area contributed by atoms with E-state index in [1.54, 1.807) is 0 Å². The van der Waals surface area contributed by atoms with Gasteiger partial charge in [0.2, 0.25) is 0 Å². The molecule has 0 saturated heterocycles. The molecular formula is C15H22BrN. The number of halogens is 1. The molecule has 17 heavy (non-hydrogen) atoms. The second-order valence-electron chi connectivity index (χ2n) is 5.81. The first-order chi connectivity index (χ1) is 8.12. The summed E-state index contributed by atoms with van der Waals surface area (Å²) in [5, 5.41) is 1.05. The Bertz CT molecular complexity index is 373. The highest BCUT2D eigenvalue weighted by Crippen LogP contribution is 2.29. The van der Waals surface area contributed by atoms with Crippen LogP contribution in [0.1, 0.15) is 32.3 Å². The van der Waals surface area contributed by atoms with Gasteiger partial charge in [0.05, 0.1) is 0 Å². The van der Waals surface area contributed by atoms with Crippen LogP contribution in [0.3, 0.4) is 0 Å². The van der Waals surface area contributed by atoms with Gasteiger partial charge in [0.25, 0.3) is 0 Å². The molecular weight excluding hydrogens is 274 g/mol. The van der Waals surface area contributed by atoms with Gasteiger partial charge >= 0.3 is 0 Å². The topological polar surface area (TPSA) is 3.24 Å². The van der Waals surface area contributed by atoms with E-state index in [-0.39, 0.29) is 0 Å². The van der Waals surface area contributed by atoms with E-state index in [0.29, 0.717) is 5.41 Å². The molecule has 1 aliphatic heterocycles. The summed E-state index contributed by atoms with van der Waals surface area (Å²) in [5.74, 6) is 0. The third kappa shape index (κ3) is 3.25. The summed E-state index contributed by atoms with van der Waals surface area (Å²) in [6.45, 7) is 6.99. The number of anilines is 1. The zero-order valence-electron chi connectivity index (χ0n) is 10.9. The van der Waals surface area contributed by atoms with E-state index in [9.17, 15) is 0 Å². The van der Waals surface area contributed by atoms with Crippen molar-refractivity contribution >= 4 is 21.6 Å². The van der Waals surface area contributed by atoms with Crippen molar-refractivity contribution in [3.05, 3.63) is 29.8 Å². The molecule has 1 nitrogen and oxygen atoms in total. The SMILES string of the molecule is CC(C)(CBr)CN1CCCCc2ccccc21. The van der Waals surface area contributed by atoms with Gasteiger partial charge in [0.15, 0.2) is 0 Å². The molecule has 94 valence electrons. The van der Waals surface area contributed by atoms with E-state index < -0.39 is 0 Å². The van der Waals surface area contributed by atoms with E-state index in [1.807, 2.05) is 0 Å². The lowest BCUT2D eigenvalue weighted by atomic mass is 9.95. The Kier molecular flexibility index (Phi) is 4.13. The molecule has 2 rings (SSSR count). The van der Waals surface area contributed by atoms with Crippen LogP contribution >= 0.6 is 15.9 Å². The standard InChI is InChI=1S/C15H22BrN/c1-15(2,11-16)12-17-10-6-5-8-13-7-3-4-9-14(13)17/h3-4,7,9H,5-6,8,10-12H2,1-2H3. The number of hydrogen-bond donors (Lipinski definition) is 0. The number of hydrogen-bond acceptors (Lipinski definition) is 1. The molecule has 1 aromatic carbocycles. The van der Waals surface area contributed by atoms with Gasteiger partial charge in [-0.1, -0.05) is 48.0 Å². The summed E-state index contributed by atoms with van der Waals surface area (Å²) in [5.41, 5.74) is 3.31. The number of para-hydroxylation sites is 1. The molecule has 0 bridgehead atoms. The first-order valence-corrected chi connectivity index (χ1v) is 7.63. The van der Waals surface area contributed by atoms with Crippen LogP contribution in [0.5, 0.6) is 0 Å². The predicted molar refractivity (Wildman–Crippen MR) is 79.2 cm³/mol. The highest BCUT2D eigenvalue weighted by atomic mass is 79.9. The van der Waals surface area contributed by atoms with Crippen LogP contribution in [0.4, 0.5) is 5.69 Å². The smallest absolute Gasteiger partial charge is 0.0398 e. The van der Waals surface area contributed by atoms with E-state index in [4.69, 9.17) is 0 Å². The Morgan fingerprint density at radius 3 is 2.76 bits per heavy atom. The van der Waals surface area contributed by atoms with Gasteiger partial charge in [0.1, 0.15) is 0 Å². The van der Waals surface area contributed by atoms with Gasteiger partial charge in [-0.25, -0.2) is 0 Å². The van der Waals surface area contributed by atoms with Crippen molar-refractivity contribution in [3.63, 3.8) is 0 Å². The lowest BCUT2D eigenvalue weighted by Crippen LogP contribution is -2.36. The molecule has 0 atom stereocenters. The minimum absolute atomic E-state index is 0.331. The molecule has 0 saturated carbocycles. The number of benzene rings is 1. The molecule has 1 aromatic rings. The molecule has 0 amide bonds. The van der Waals surface area contributed by atoms with Crippen LogP contribution in [0.15, 0.2) is 24.3 Å². The maximum absolute atomic E-state index is 3.63. The van der Waals surface area contributed by atoms with Gasteiger partial charge in [-0.3, -0.25) is 0 Å². The zero-order valence-corrected chi connectivity index (χ0v) is 12.5. The summed E-state index contributed by atoms with van der Waals surface area (Å²) in [6.07, 6.45) is 3.87. The van der Waals surface area contributed by atoms with Crippen molar-refractivity contribution in [2.75, 3.05) is 23.3 Å². The normalized spacial score (nSPS) is 16.5. The Balaban J connectivity index is 2.23. The van der Waals surface area contributed by atoms with Crippen molar-refractivity contribution in [1.82, 2.24) is 0 Å². The van der Waals surface area contributed by atoms with Crippen LogP contribution in [-0.2, 0) is 6.42 Å². The fourth-order valence-corrected chi connectivity index (χ4v) is 2.67. The average Bonchev–Trinajstić information content (AvgIpc) is 2.52. The maximum atomic E-state index is 3.63. The highest BCUT2D eigenvalue weighted by molar-refractivity contribution is 9.09. The van der Waals surface area contributed by atoms with Crippen LogP contribution in [0.25, 0.3) is 0 Å². The van der Waals surface area contributed by atoms with E-state index >= 15 is 0 Å². The number of aryl methyl sites for hydroxylation is 1. The van der Waals surface area contributed by atoms with Crippen LogP contribution in [0, 0.1) is 5.41 Å². The third-order valence-electron chi connectivity index (χ3n) is 3.44. The molecule has 0 aromatic heterocycles. The zero-order chi connectivity index (χ0) is 12.3. The second-order valence-corrected chi connectivity index (χ2v) is 6.37. The Hall–Kier alpha value is -0.500. The summed E-state index contributed by atoms with van der Waals surface area (Å²) >= 11 is 3.63. The summed E-state index contributed by atoms with van der Waals surface area (Å²) < 4.78 is 0. The number of rotatable bonds is 3. The monoisotopic (exact) mass is 295 g/mol. The number of alkyl halides is 1. The predicted octanol–water partition coefficient (Wildman–Crippen LogP) is 4.25. The van der Waals surface area contributed by atoms with Crippen molar-refractivity contribution in [2.45, 2.75) is 33.1 Å². The van der Waals surface area contributed by atoms with Crippen molar-refractivity contribution < 1.29 is 0 Å². The first-order valence-electron chi connectivity index (χ1n) is 6.51. The van der Waals surface area contributed by atoms with Gasteiger partial charge in [-0.15, -0.1) is 0 Å². The Labute approximate surface area is 113 Å². The van der Waals surface area contributed by atoms with Gasteiger partial charge in [0, 0.05) is 24.1 Å². The lowest BCUT2D eigenvalue weighted by Gasteiger charge is -2.33. The first kappa shape index (κ1) is 12.9. The maximum Gasteiger partial charge on any atom is 0.0398 e. The summed E-state index contributed by atoms with van der Waals surface area (Å²) in [7, 11) is 0. The third-order valence-corrected chi connectivity index (χ3v) is 4.96. The Morgan fingerprint density at radius 2 is 2.00 bits per heavy atom. The van der Waals surface area contributed by atoms with Crippen molar-refractivity contribution in [1.29, 1.82) is 0 Å². The largest absolute Gasteiger partial charge is 0.371 e. The van der Waals surface area contributed by atoms with Crippen LogP contribution in [0.2, 0.25) is 0 Å². The highest BCUT2D eigenvalue weighted by Gasteiger charge is 2.23. The number of nitrogens with zero attached hydrogens (tertiary/aromatic N) is 1. The number of fused-ring (bicyclic) bond motifs is 1. The average molecular weight is 296 g/mol. The molecule has 2 heteroatoms. The molecule has 0 N–H and O–H groups in total.